The summed E-state index contributed by atoms with van der Waals surface area (Å²) in [6, 6.07) is 7.80. The van der Waals surface area contributed by atoms with Crippen LogP contribution in [0.4, 0.5) is 5.69 Å². The molecule has 0 fully saturated rings. The van der Waals surface area contributed by atoms with Crippen LogP contribution in [0.3, 0.4) is 0 Å². The minimum atomic E-state index is 0.0949. The molecule has 104 valence electrons. The number of nitrogens with zero attached hydrogens (tertiary/aromatic N) is 1. The molecule has 0 spiro atoms. The second-order valence-electron chi connectivity index (χ2n) is 5.30. The summed E-state index contributed by atoms with van der Waals surface area (Å²) in [6.07, 6.45) is 0.955. The average molecular weight is 286 g/mol. The second kappa shape index (κ2) is 4.94. The first-order valence-corrected chi connectivity index (χ1v) is 7.69. The van der Waals surface area contributed by atoms with Crippen LogP contribution in [-0.2, 0) is 6.42 Å². The van der Waals surface area contributed by atoms with Crippen LogP contribution in [0.15, 0.2) is 29.6 Å². The first-order valence-electron chi connectivity index (χ1n) is 6.81. The third kappa shape index (κ3) is 2.10. The first-order chi connectivity index (χ1) is 9.58. The molecule has 1 aromatic carbocycles. The van der Waals surface area contributed by atoms with E-state index >= 15 is 0 Å². The van der Waals surface area contributed by atoms with E-state index < -0.39 is 0 Å². The third-order valence-corrected chi connectivity index (χ3v) is 5.05. The average Bonchev–Trinajstić information content (AvgIpc) is 2.91. The molecule has 1 aliphatic heterocycles. The Morgan fingerprint density at radius 2 is 2.20 bits per heavy atom. The third-order valence-electron chi connectivity index (χ3n) is 4.05. The Balaban J connectivity index is 1.90. The van der Waals surface area contributed by atoms with E-state index in [-0.39, 0.29) is 11.9 Å². The van der Waals surface area contributed by atoms with Crippen molar-refractivity contribution in [2.45, 2.75) is 26.3 Å². The summed E-state index contributed by atoms with van der Waals surface area (Å²) >= 11 is 1.79. The zero-order valence-electron chi connectivity index (χ0n) is 11.7. The van der Waals surface area contributed by atoms with Gasteiger partial charge in [-0.2, -0.15) is 0 Å². The van der Waals surface area contributed by atoms with Gasteiger partial charge >= 0.3 is 0 Å². The highest BCUT2D eigenvalue weighted by Crippen LogP contribution is 2.33. The summed E-state index contributed by atoms with van der Waals surface area (Å²) in [5.41, 5.74) is 9.52. The van der Waals surface area contributed by atoms with Gasteiger partial charge in [-0.1, -0.05) is 0 Å². The number of anilines is 1. The molecule has 20 heavy (non-hydrogen) atoms. The molecule has 2 aromatic rings. The van der Waals surface area contributed by atoms with Gasteiger partial charge in [-0.3, -0.25) is 4.79 Å². The Hall–Kier alpha value is -1.81. The van der Waals surface area contributed by atoms with Gasteiger partial charge in [0, 0.05) is 22.7 Å². The molecule has 0 radical (unpaired) electrons. The number of benzene rings is 1. The number of fused-ring (bicyclic) bond motifs is 1. The molecule has 1 unspecified atom stereocenters. The maximum atomic E-state index is 12.7. The molecule has 3 rings (SSSR count). The smallest absolute Gasteiger partial charge is 0.254 e. The zero-order chi connectivity index (χ0) is 14.3. The van der Waals surface area contributed by atoms with E-state index in [1.54, 1.807) is 11.3 Å². The number of carbonyl (C=O) groups excluding carboxylic acids is 1. The lowest BCUT2D eigenvalue weighted by molar-refractivity contribution is 0.0679. The number of thiophene rings is 1. The van der Waals surface area contributed by atoms with Crippen molar-refractivity contribution in [3.8, 4) is 0 Å². The van der Waals surface area contributed by atoms with Crippen molar-refractivity contribution in [1.82, 2.24) is 4.90 Å². The fourth-order valence-corrected chi connectivity index (χ4v) is 3.72. The molecule has 4 heteroatoms. The molecule has 0 saturated heterocycles. The van der Waals surface area contributed by atoms with E-state index in [1.165, 1.54) is 10.4 Å². The first kappa shape index (κ1) is 13.2. The Morgan fingerprint density at radius 3 is 2.95 bits per heavy atom. The molecule has 1 aliphatic rings. The van der Waals surface area contributed by atoms with Gasteiger partial charge in [0.15, 0.2) is 0 Å². The predicted molar refractivity (Wildman–Crippen MR) is 83.1 cm³/mol. The lowest BCUT2D eigenvalue weighted by atomic mass is 10.00. The Morgan fingerprint density at radius 1 is 1.40 bits per heavy atom. The monoisotopic (exact) mass is 286 g/mol. The fourth-order valence-electron chi connectivity index (χ4n) is 2.76. The number of amides is 1. The molecule has 0 saturated carbocycles. The van der Waals surface area contributed by atoms with Crippen molar-refractivity contribution in [3.05, 3.63) is 51.2 Å². The molecule has 2 N–H and O–H groups in total. The van der Waals surface area contributed by atoms with Gasteiger partial charge in [0.05, 0.1) is 6.04 Å². The normalized spacial score (nSPS) is 17.9. The quantitative estimate of drug-likeness (QED) is 0.817. The number of hydrogen-bond donors (Lipinski definition) is 1. The van der Waals surface area contributed by atoms with E-state index in [0.717, 1.165) is 29.8 Å². The van der Waals surface area contributed by atoms with Gasteiger partial charge in [-0.05, 0) is 61.0 Å². The molecular weight excluding hydrogens is 268 g/mol. The maximum absolute atomic E-state index is 12.7. The minimum Gasteiger partial charge on any atom is -0.399 e. The molecule has 0 aliphatic carbocycles. The van der Waals surface area contributed by atoms with E-state index in [4.69, 9.17) is 5.73 Å². The Kier molecular flexibility index (Phi) is 3.26. The van der Waals surface area contributed by atoms with Crippen LogP contribution in [0, 0.1) is 6.92 Å². The molecule has 1 aromatic heterocycles. The van der Waals surface area contributed by atoms with Crippen molar-refractivity contribution in [3.63, 3.8) is 0 Å². The van der Waals surface area contributed by atoms with Crippen LogP contribution in [0.1, 0.15) is 39.3 Å². The van der Waals surface area contributed by atoms with Crippen molar-refractivity contribution >= 4 is 22.9 Å². The van der Waals surface area contributed by atoms with E-state index in [1.807, 2.05) is 30.0 Å². The van der Waals surface area contributed by atoms with Gasteiger partial charge in [0.1, 0.15) is 0 Å². The van der Waals surface area contributed by atoms with E-state index in [9.17, 15) is 4.79 Å². The number of rotatable bonds is 1. The van der Waals surface area contributed by atoms with Gasteiger partial charge in [0.25, 0.3) is 5.91 Å². The number of aryl methyl sites for hydroxylation is 1. The maximum Gasteiger partial charge on any atom is 0.254 e. The highest BCUT2D eigenvalue weighted by molar-refractivity contribution is 7.10. The largest absolute Gasteiger partial charge is 0.399 e. The standard InChI is InChI=1S/C16H18N2OS/c1-10-9-12(3-4-14(10)17)16(19)18-7-5-15-13(11(18)2)6-8-20-15/h3-4,6,8-9,11H,5,7,17H2,1-2H3. The summed E-state index contributed by atoms with van der Waals surface area (Å²) in [7, 11) is 0. The Labute approximate surface area is 123 Å². The number of nitrogen functional groups attached to an aromatic ring is 1. The van der Waals surface area contributed by atoms with Gasteiger partial charge in [0.2, 0.25) is 0 Å². The zero-order valence-corrected chi connectivity index (χ0v) is 12.5. The van der Waals surface area contributed by atoms with Crippen LogP contribution in [0.2, 0.25) is 0 Å². The van der Waals surface area contributed by atoms with Gasteiger partial charge < -0.3 is 10.6 Å². The highest BCUT2D eigenvalue weighted by atomic mass is 32.1. The topological polar surface area (TPSA) is 46.3 Å². The van der Waals surface area contributed by atoms with Crippen LogP contribution in [0.5, 0.6) is 0 Å². The predicted octanol–water partition coefficient (Wildman–Crippen LogP) is 3.40. The fraction of sp³-hybridized carbons (Fsp3) is 0.312. The molecule has 2 heterocycles. The van der Waals surface area contributed by atoms with E-state index in [2.05, 4.69) is 18.4 Å². The summed E-state index contributed by atoms with van der Waals surface area (Å²) in [5, 5.41) is 2.11. The summed E-state index contributed by atoms with van der Waals surface area (Å²) < 4.78 is 0. The Bertz CT molecular complexity index is 662. The molecule has 3 nitrogen and oxygen atoms in total. The summed E-state index contributed by atoms with van der Waals surface area (Å²) in [4.78, 5) is 16.1. The lowest BCUT2D eigenvalue weighted by Crippen LogP contribution is -2.38. The number of hydrogen-bond acceptors (Lipinski definition) is 3. The second-order valence-corrected chi connectivity index (χ2v) is 6.30. The van der Waals surface area contributed by atoms with Crippen molar-refractivity contribution < 1.29 is 4.79 Å². The van der Waals surface area contributed by atoms with Gasteiger partial charge in [-0.15, -0.1) is 11.3 Å². The summed E-state index contributed by atoms with van der Waals surface area (Å²) in [6.45, 7) is 4.83. The molecule has 1 amide bonds. The van der Waals surface area contributed by atoms with Crippen molar-refractivity contribution in [2.24, 2.45) is 0 Å². The summed E-state index contributed by atoms with van der Waals surface area (Å²) in [5.74, 6) is 0.0949. The van der Waals surface area contributed by atoms with E-state index in [0.29, 0.717) is 0 Å². The number of nitrogens with two attached hydrogens (primary N) is 1. The van der Waals surface area contributed by atoms with Crippen LogP contribution in [-0.4, -0.2) is 17.4 Å². The number of carbonyl (C=O) groups is 1. The van der Waals surface area contributed by atoms with Crippen molar-refractivity contribution in [1.29, 1.82) is 0 Å². The lowest BCUT2D eigenvalue weighted by Gasteiger charge is -2.33. The van der Waals surface area contributed by atoms with Crippen LogP contribution >= 0.6 is 11.3 Å². The van der Waals surface area contributed by atoms with Gasteiger partial charge in [-0.25, -0.2) is 0 Å². The van der Waals surface area contributed by atoms with Crippen molar-refractivity contribution in [2.75, 3.05) is 12.3 Å². The molecule has 1 atom stereocenters. The molecular formula is C16H18N2OS. The minimum absolute atomic E-state index is 0.0949. The van der Waals surface area contributed by atoms with Crippen LogP contribution in [0.25, 0.3) is 0 Å². The highest BCUT2D eigenvalue weighted by Gasteiger charge is 2.28. The SMILES string of the molecule is Cc1cc(C(=O)N2CCc3sccc3C2C)ccc1N. The van der Waals surface area contributed by atoms with Crippen LogP contribution < -0.4 is 5.73 Å². The molecule has 0 bridgehead atoms.